The molecule has 0 aliphatic heterocycles. The van der Waals surface area contributed by atoms with Crippen molar-refractivity contribution < 1.29 is 18.0 Å². The number of halogens is 5. The number of hydrogen-bond donors (Lipinski definition) is 1. The van der Waals surface area contributed by atoms with Crippen molar-refractivity contribution in [1.29, 1.82) is 0 Å². The van der Waals surface area contributed by atoms with E-state index in [1.54, 1.807) is 18.2 Å². The summed E-state index contributed by atoms with van der Waals surface area (Å²) in [6.45, 7) is 0. The minimum atomic E-state index is -2.79. The van der Waals surface area contributed by atoms with E-state index in [2.05, 4.69) is 10.4 Å². The van der Waals surface area contributed by atoms with E-state index in [1.165, 1.54) is 36.1 Å². The first kappa shape index (κ1) is 20.2. The molecule has 1 N–H and O–H groups in total. The summed E-state index contributed by atoms with van der Waals surface area (Å²) in [6, 6.07) is 8.55. The van der Waals surface area contributed by atoms with E-state index < -0.39 is 23.8 Å². The first-order chi connectivity index (χ1) is 13.2. The SMILES string of the molecule is Cn1cc(CC(=O)Nc2ccc(F)cc2-c2ccc(Cl)c(Cl)c2)c(C(F)F)n1. The first-order valence-corrected chi connectivity index (χ1v) is 8.85. The number of alkyl halides is 2. The van der Waals surface area contributed by atoms with Gasteiger partial charge in [0.2, 0.25) is 5.91 Å². The van der Waals surface area contributed by atoms with Gasteiger partial charge in [0.15, 0.2) is 0 Å². The molecule has 1 heterocycles. The van der Waals surface area contributed by atoms with Crippen LogP contribution in [-0.2, 0) is 18.3 Å². The largest absolute Gasteiger partial charge is 0.325 e. The fraction of sp³-hybridized carbons (Fsp3) is 0.158. The summed E-state index contributed by atoms with van der Waals surface area (Å²) in [4.78, 5) is 12.4. The molecule has 9 heteroatoms. The topological polar surface area (TPSA) is 46.9 Å². The molecule has 1 aromatic heterocycles. The van der Waals surface area contributed by atoms with Gasteiger partial charge in [-0.3, -0.25) is 9.48 Å². The monoisotopic (exact) mass is 427 g/mol. The second-order valence-electron chi connectivity index (χ2n) is 6.06. The van der Waals surface area contributed by atoms with E-state index in [0.29, 0.717) is 21.8 Å². The summed E-state index contributed by atoms with van der Waals surface area (Å²) < 4.78 is 41.1. The molecule has 2 aromatic carbocycles. The van der Waals surface area contributed by atoms with Crippen LogP contribution in [0.4, 0.5) is 18.9 Å². The average Bonchev–Trinajstić information content (AvgIpc) is 2.99. The number of carbonyl (C=O) groups is 1. The number of aryl methyl sites for hydroxylation is 1. The van der Waals surface area contributed by atoms with Crippen molar-refractivity contribution in [3.05, 3.63) is 69.7 Å². The Bertz CT molecular complexity index is 1040. The summed E-state index contributed by atoms with van der Waals surface area (Å²) in [7, 11) is 1.50. The summed E-state index contributed by atoms with van der Waals surface area (Å²) in [5, 5.41) is 6.92. The molecule has 3 rings (SSSR count). The highest BCUT2D eigenvalue weighted by Gasteiger charge is 2.20. The summed E-state index contributed by atoms with van der Waals surface area (Å²) in [5.41, 5.74) is 0.910. The van der Waals surface area contributed by atoms with Crippen molar-refractivity contribution in [2.45, 2.75) is 12.8 Å². The smallest absolute Gasteiger partial charge is 0.282 e. The van der Waals surface area contributed by atoms with E-state index in [9.17, 15) is 18.0 Å². The third-order valence-electron chi connectivity index (χ3n) is 3.98. The highest BCUT2D eigenvalue weighted by Crippen LogP contribution is 2.33. The van der Waals surface area contributed by atoms with Crippen LogP contribution in [0.1, 0.15) is 17.7 Å². The Kier molecular flexibility index (Phi) is 5.96. The Morgan fingerprint density at radius 1 is 1.18 bits per heavy atom. The number of aromatic nitrogens is 2. The Balaban J connectivity index is 1.88. The van der Waals surface area contributed by atoms with Crippen LogP contribution < -0.4 is 5.32 Å². The van der Waals surface area contributed by atoms with Crippen molar-refractivity contribution in [3.63, 3.8) is 0 Å². The maximum Gasteiger partial charge on any atom is 0.282 e. The molecule has 0 aliphatic carbocycles. The zero-order chi connectivity index (χ0) is 20.4. The van der Waals surface area contributed by atoms with Gasteiger partial charge in [0.1, 0.15) is 11.5 Å². The zero-order valence-corrected chi connectivity index (χ0v) is 16.0. The minimum absolute atomic E-state index is 0.119. The zero-order valence-electron chi connectivity index (χ0n) is 14.5. The molecule has 0 saturated heterocycles. The van der Waals surface area contributed by atoms with Crippen molar-refractivity contribution in [3.8, 4) is 11.1 Å². The van der Waals surface area contributed by atoms with E-state index >= 15 is 0 Å². The molecule has 0 saturated carbocycles. The van der Waals surface area contributed by atoms with Gasteiger partial charge in [-0.2, -0.15) is 5.10 Å². The normalized spacial score (nSPS) is 11.1. The van der Waals surface area contributed by atoms with Gasteiger partial charge in [0, 0.05) is 30.1 Å². The summed E-state index contributed by atoms with van der Waals surface area (Å²) >= 11 is 11.9. The van der Waals surface area contributed by atoms with E-state index in [1.807, 2.05) is 0 Å². The fourth-order valence-corrected chi connectivity index (χ4v) is 3.07. The maximum absolute atomic E-state index is 13.8. The lowest BCUT2D eigenvalue weighted by Gasteiger charge is -2.12. The molecule has 4 nitrogen and oxygen atoms in total. The number of benzene rings is 2. The van der Waals surface area contributed by atoms with Gasteiger partial charge in [-0.05, 0) is 35.9 Å². The number of hydrogen-bond acceptors (Lipinski definition) is 2. The van der Waals surface area contributed by atoms with Crippen molar-refractivity contribution in [1.82, 2.24) is 9.78 Å². The second kappa shape index (κ2) is 8.24. The Labute approximate surface area is 168 Å². The van der Waals surface area contributed by atoms with E-state index in [-0.39, 0.29) is 17.0 Å². The summed E-state index contributed by atoms with van der Waals surface area (Å²) in [6.07, 6.45) is -1.72. The van der Waals surface area contributed by atoms with Gasteiger partial charge in [-0.15, -0.1) is 0 Å². The quantitative estimate of drug-likeness (QED) is 0.571. The van der Waals surface area contributed by atoms with Crippen LogP contribution >= 0.6 is 23.2 Å². The number of amides is 1. The maximum atomic E-state index is 13.8. The molecule has 0 atom stereocenters. The number of anilines is 1. The molecular formula is C19H14Cl2F3N3O. The molecule has 28 heavy (non-hydrogen) atoms. The molecule has 3 aromatic rings. The van der Waals surface area contributed by atoms with Crippen LogP contribution in [0.3, 0.4) is 0 Å². The van der Waals surface area contributed by atoms with Crippen LogP contribution in [0.5, 0.6) is 0 Å². The predicted octanol–water partition coefficient (Wildman–Crippen LogP) is 5.65. The third-order valence-corrected chi connectivity index (χ3v) is 4.72. The van der Waals surface area contributed by atoms with Crippen molar-refractivity contribution in [2.24, 2.45) is 7.05 Å². The Morgan fingerprint density at radius 2 is 1.93 bits per heavy atom. The fourth-order valence-electron chi connectivity index (χ4n) is 2.77. The molecule has 1 amide bonds. The van der Waals surface area contributed by atoms with Crippen molar-refractivity contribution in [2.75, 3.05) is 5.32 Å². The number of nitrogens with one attached hydrogen (secondary N) is 1. The first-order valence-electron chi connectivity index (χ1n) is 8.10. The second-order valence-corrected chi connectivity index (χ2v) is 6.87. The Hall–Kier alpha value is -2.51. The van der Waals surface area contributed by atoms with Crippen LogP contribution in [0, 0.1) is 5.82 Å². The van der Waals surface area contributed by atoms with Crippen molar-refractivity contribution >= 4 is 34.8 Å². The molecule has 0 spiro atoms. The van der Waals surface area contributed by atoms with Gasteiger partial charge >= 0.3 is 0 Å². The lowest BCUT2D eigenvalue weighted by molar-refractivity contribution is -0.115. The molecule has 0 bridgehead atoms. The van der Waals surface area contributed by atoms with Gasteiger partial charge in [0.05, 0.1) is 16.5 Å². The molecule has 0 unspecified atom stereocenters. The predicted molar refractivity (Wildman–Crippen MR) is 102 cm³/mol. The highest BCUT2D eigenvalue weighted by molar-refractivity contribution is 6.42. The van der Waals surface area contributed by atoms with Crippen LogP contribution in [0.2, 0.25) is 10.0 Å². The highest BCUT2D eigenvalue weighted by atomic mass is 35.5. The third kappa shape index (κ3) is 4.48. The van der Waals surface area contributed by atoms with Gasteiger partial charge in [-0.1, -0.05) is 29.3 Å². The van der Waals surface area contributed by atoms with Crippen LogP contribution in [0.15, 0.2) is 42.6 Å². The van der Waals surface area contributed by atoms with E-state index in [0.717, 1.165) is 0 Å². The van der Waals surface area contributed by atoms with Crippen LogP contribution in [0.25, 0.3) is 11.1 Å². The minimum Gasteiger partial charge on any atom is -0.325 e. The van der Waals surface area contributed by atoms with Gasteiger partial charge in [-0.25, -0.2) is 13.2 Å². The molecule has 146 valence electrons. The number of nitrogens with zero attached hydrogens (tertiary/aromatic N) is 2. The lowest BCUT2D eigenvalue weighted by Crippen LogP contribution is -2.15. The molecule has 0 radical (unpaired) electrons. The lowest BCUT2D eigenvalue weighted by atomic mass is 10.0. The number of carbonyl (C=O) groups excluding carboxylic acids is 1. The van der Waals surface area contributed by atoms with E-state index in [4.69, 9.17) is 23.2 Å². The standard InChI is InChI=1S/C19H14Cl2F3N3O/c1-27-9-11(18(26-27)19(23)24)7-17(28)25-16-5-3-12(22)8-13(16)10-2-4-14(20)15(21)6-10/h2-6,8-9,19H,7H2,1H3,(H,25,28). The molecule has 0 fully saturated rings. The Morgan fingerprint density at radius 3 is 2.61 bits per heavy atom. The van der Waals surface area contributed by atoms with Gasteiger partial charge < -0.3 is 5.32 Å². The summed E-state index contributed by atoms with van der Waals surface area (Å²) in [5.74, 6) is -1.05. The molecule has 0 aliphatic rings. The molecular weight excluding hydrogens is 414 g/mol. The number of rotatable bonds is 5. The average molecular weight is 428 g/mol. The van der Waals surface area contributed by atoms with Crippen LogP contribution in [-0.4, -0.2) is 15.7 Å². The van der Waals surface area contributed by atoms with Gasteiger partial charge in [0.25, 0.3) is 6.43 Å².